The van der Waals surface area contributed by atoms with Crippen molar-refractivity contribution in [2.75, 3.05) is 26.2 Å². The molecule has 1 heterocycles. The molecule has 0 amide bonds. The average Bonchev–Trinajstić information content (AvgIpc) is 2.74. The molecule has 1 rings (SSSR count). The number of hydrogen-bond donors (Lipinski definition) is 1. The highest BCUT2D eigenvalue weighted by atomic mass is 15.2. The third-order valence-electron chi connectivity index (χ3n) is 4.67. The third kappa shape index (κ3) is 8.26. The largest absolute Gasteiger partial charge is 0.315 e. The van der Waals surface area contributed by atoms with Crippen LogP contribution in [0.4, 0.5) is 0 Å². The van der Waals surface area contributed by atoms with Crippen molar-refractivity contribution in [1.82, 2.24) is 10.2 Å². The minimum Gasteiger partial charge on any atom is -0.315 e. The second kappa shape index (κ2) is 12.6. The molecule has 0 aromatic carbocycles. The fourth-order valence-electron chi connectivity index (χ4n) is 3.35. The molecule has 1 aliphatic rings. The summed E-state index contributed by atoms with van der Waals surface area (Å²) in [6.45, 7) is 9.62. The zero-order chi connectivity index (χ0) is 14.5. The van der Waals surface area contributed by atoms with E-state index < -0.39 is 0 Å². The molecule has 2 nitrogen and oxygen atoms in total. The SMILES string of the molecule is CCCCCCCC(CCCCC)N1CCCNCC1. The lowest BCUT2D eigenvalue weighted by Crippen LogP contribution is -2.38. The van der Waals surface area contributed by atoms with Crippen molar-refractivity contribution in [2.24, 2.45) is 0 Å². The van der Waals surface area contributed by atoms with Crippen LogP contribution in [0.3, 0.4) is 0 Å². The first kappa shape index (κ1) is 18.0. The number of nitrogens with zero attached hydrogens (tertiary/aromatic N) is 1. The summed E-state index contributed by atoms with van der Waals surface area (Å²) in [5.74, 6) is 0. The maximum Gasteiger partial charge on any atom is 0.0110 e. The van der Waals surface area contributed by atoms with Crippen molar-refractivity contribution >= 4 is 0 Å². The first-order valence-corrected chi connectivity index (χ1v) is 9.33. The molecule has 1 N–H and O–H groups in total. The minimum atomic E-state index is 0.864. The van der Waals surface area contributed by atoms with Crippen LogP contribution in [0.15, 0.2) is 0 Å². The van der Waals surface area contributed by atoms with Crippen LogP contribution in [0, 0.1) is 0 Å². The Morgan fingerprint density at radius 3 is 2.20 bits per heavy atom. The summed E-state index contributed by atoms with van der Waals surface area (Å²) in [5.41, 5.74) is 0. The second-order valence-corrected chi connectivity index (χ2v) is 6.49. The summed E-state index contributed by atoms with van der Waals surface area (Å²) in [6.07, 6.45) is 15.5. The van der Waals surface area contributed by atoms with E-state index in [1.165, 1.54) is 96.8 Å². The Labute approximate surface area is 127 Å². The van der Waals surface area contributed by atoms with E-state index in [1.54, 1.807) is 0 Å². The van der Waals surface area contributed by atoms with Gasteiger partial charge in [0.2, 0.25) is 0 Å². The summed E-state index contributed by atoms with van der Waals surface area (Å²) >= 11 is 0. The molecular formula is C18H38N2. The van der Waals surface area contributed by atoms with Gasteiger partial charge in [-0.2, -0.15) is 0 Å². The monoisotopic (exact) mass is 282 g/mol. The number of unbranched alkanes of at least 4 members (excludes halogenated alkanes) is 6. The molecular weight excluding hydrogens is 244 g/mol. The van der Waals surface area contributed by atoms with Crippen molar-refractivity contribution in [2.45, 2.75) is 90.5 Å². The summed E-state index contributed by atoms with van der Waals surface area (Å²) in [7, 11) is 0. The molecule has 1 atom stereocenters. The van der Waals surface area contributed by atoms with Crippen molar-refractivity contribution in [3.63, 3.8) is 0 Å². The van der Waals surface area contributed by atoms with Crippen LogP contribution >= 0.6 is 0 Å². The normalized spacial score (nSPS) is 18.9. The third-order valence-corrected chi connectivity index (χ3v) is 4.67. The molecule has 0 aromatic heterocycles. The van der Waals surface area contributed by atoms with E-state index >= 15 is 0 Å². The second-order valence-electron chi connectivity index (χ2n) is 6.49. The molecule has 120 valence electrons. The molecule has 0 spiro atoms. The van der Waals surface area contributed by atoms with Gasteiger partial charge in [0.25, 0.3) is 0 Å². The Morgan fingerprint density at radius 2 is 1.45 bits per heavy atom. The topological polar surface area (TPSA) is 15.3 Å². The number of nitrogens with one attached hydrogen (secondary N) is 1. The average molecular weight is 283 g/mol. The van der Waals surface area contributed by atoms with E-state index in [9.17, 15) is 0 Å². The predicted octanol–water partition coefficient (Wildman–Crippen LogP) is 4.59. The van der Waals surface area contributed by atoms with Gasteiger partial charge in [-0.05, 0) is 32.4 Å². The zero-order valence-electron chi connectivity index (χ0n) is 14.1. The van der Waals surface area contributed by atoms with Crippen LogP contribution < -0.4 is 5.32 Å². The lowest BCUT2D eigenvalue weighted by Gasteiger charge is -2.30. The van der Waals surface area contributed by atoms with Crippen LogP contribution in [0.2, 0.25) is 0 Å². The molecule has 0 bridgehead atoms. The van der Waals surface area contributed by atoms with Crippen LogP contribution in [0.1, 0.15) is 84.5 Å². The first-order chi connectivity index (χ1) is 9.88. The Hall–Kier alpha value is -0.0800. The molecule has 1 fully saturated rings. The van der Waals surface area contributed by atoms with E-state index in [0.717, 1.165) is 6.04 Å². The highest BCUT2D eigenvalue weighted by Crippen LogP contribution is 2.18. The lowest BCUT2D eigenvalue weighted by atomic mass is 9.99. The van der Waals surface area contributed by atoms with Crippen LogP contribution in [0.25, 0.3) is 0 Å². The summed E-state index contributed by atoms with van der Waals surface area (Å²) < 4.78 is 0. The van der Waals surface area contributed by atoms with Gasteiger partial charge in [-0.3, -0.25) is 4.90 Å². The highest BCUT2D eigenvalue weighted by molar-refractivity contribution is 4.75. The lowest BCUT2D eigenvalue weighted by molar-refractivity contribution is 0.181. The van der Waals surface area contributed by atoms with E-state index in [2.05, 4.69) is 24.1 Å². The minimum absolute atomic E-state index is 0.864. The van der Waals surface area contributed by atoms with Crippen molar-refractivity contribution in [3.05, 3.63) is 0 Å². The summed E-state index contributed by atoms with van der Waals surface area (Å²) in [6, 6.07) is 0.864. The van der Waals surface area contributed by atoms with Gasteiger partial charge in [-0.25, -0.2) is 0 Å². The van der Waals surface area contributed by atoms with Crippen LogP contribution in [-0.4, -0.2) is 37.1 Å². The fourth-order valence-corrected chi connectivity index (χ4v) is 3.35. The van der Waals surface area contributed by atoms with Gasteiger partial charge in [-0.1, -0.05) is 65.2 Å². The molecule has 1 unspecified atom stereocenters. The number of rotatable bonds is 11. The Kier molecular flexibility index (Phi) is 11.4. The van der Waals surface area contributed by atoms with Crippen molar-refractivity contribution in [1.29, 1.82) is 0 Å². The van der Waals surface area contributed by atoms with E-state index in [4.69, 9.17) is 0 Å². The molecule has 1 aliphatic heterocycles. The summed E-state index contributed by atoms with van der Waals surface area (Å²) in [4.78, 5) is 2.79. The maximum absolute atomic E-state index is 3.54. The molecule has 0 saturated carbocycles. The van der Waals surface area contributed by atoms with Gasteiger partial charge in [-0.15, -0.1) is 0 Å². The molecule has 1 saturated heterocycles. The Morgan fingerprint density at radius 1 is 0.800 bits per heavy atom. The van der Waals surface area contributed by atoms with Gasteiger partial charge in [0.1, 0.15) is 0 Å². The number of hydrogen-bond acceptors (Lipinski definition) is 2. The van der Waals surface area contributed by atoms with E-state index in [-0.39, 0.29) is 0 Å². The standard InChI is InChI=1S/C18H38N2/c1-3-5-7-8-10-13-18(12-9-6-4-2)20-16-11-14-19-15-17-20/h18-19H,3-17H2,1-2H3. The fraction of sp³-hybridized carbons (Fsp3) is 1.00. The van der Waals surface area contributed by atoms with E-state index in [0.29, 0.717) is 0 Å². The molecule has 0 radical (unpaired) electrons. The maximum atomic E-state index is 3.54. The smallest absolute Gasteiger partial charge is 0.0110 e. The molecule has 20 heavy (non-hydrogen) atoms. The van der Waals surface area contributed by atoms with E-state index in [1.807, 2.05) is 0 Å². The highest BCUT2D eigenvalue weighted by Gasteiger charge is 2.18. The van der Waals surface area contributed by atoms with Gasteiger partial charge >= 0.3 is 0 Å². The van der Waals surface area contributed by atoms with Crippen molar-refractivity contribution in [3.8, 4) is 0 Å². The van der Waals surface area contributed by atoms with Gasteiger partial charge in [0, 0.05) is 19.1 Å². The predicted molar refractivity (Wildman–Crippen MR) is 90.4 cm³/mol. The first-order valence-electron chi connectivity index (χ1n) is 9.33. The molecule has 0 aliphatic carbocycles. The molecule has 0 aromatic rings. The van der Waals surface area contributed by atoms with Gasteiger partial charge < -0.3 is 5.32 Å². The van der Waals surface area contributed by atoms with Crippen molar-refractivity contribution < 1.29 is 0 Å². The summed E-state index contributed by atoms with van der Waals surface area (Å²) in [5, 5.41) is 3.54. The Balaban J connectivity index is 2.29. The quantitative estimate of drug-likeness (QED) is 0.558. The Bertz CT molecular complexity index is 198. The van der Waals surface area contributed by atoms with Crippen LogP contribution in [0.5, 0.6) is 0 Å². The zero-order valence-corrected chi connectivity index (χ0v) is 14.1. The molecule has 2 heteroatoms. The van der Waals surface area contributed by atoms with Gasteiger partial charge in [0.05, 0.1) is 0 Å². The van der Waals surface area contributed by atoms with Crippen LogP contribution in [-0.2, 0) is 0 Å². The van der Waals surface area contributed by atoms with Gasteiger partial charge in [0.15, 0.2) is 0 Å².